The van der Waals surface area contributed by atoms with E-state index in [-0.39, 0.29) is 21.9 Å². The topological polar surface area (TPSA) is 113 Å². The largest absolute Gasteiger partial charge is 0.490 e. The third-order valence-electron chi connectivity index (χ3n) is 6.67. The number of carboxylic acid groups (broad SMARTS) is 1. The van der Waals surface area contributed by atoms with Gasteiger partial charge in [-0.3, -0.25) is 9.52 Å². The number of hydrogen-bond donors (Lipinski definition) is 3. The minimum Gasteiger partial charge on any atom is -0.475 e. The number of hydrogen-bond acceptors (Lipinski definition) is 4. The monoisotopic (exact) mass is 578 g/mol. The molecule has 0 unspecified atom stereocenters. The average molecular weight is 579 g/mol. The number of anilines is 1. The van der Waals surface area contributed by atoms with Gasteiger partial charge < -0.3 is 10.4 Å². The highest BCUT2D eigenvalue weighted by atomic mass is 35.5. The van der Waals surface area contributed by atoms with Crippen molar-refractivity contribution in [1.29, 1.82) is 0 Å². The Morgan fingerprint density at radius 2 is 1.58 bits per heavy atom. The molecule has 2 aliphatic rings. The van der Waals surface area contributed by atoms with Gasteiger partial charge in [-0.1, -0.05) is 30.7 Å². The van der Waals surface area contributed by atoms with Crippen LogP contribution in [0.3, 0.4) is 0 Å². The summed E-state index contributed by atoms with van der Waals surface area (Å²) in [5.41, 5.74) is 0.744. The van der Waals surface area contributed by atoms with Crippen LogP contribution in [0, 0.1) is 11.7 Å². The van der Waals surface area contributed by atoms with Crippen molar-refractivity contribution in [3.8, 4) is 0 Å². The van der Waals surface area contributed by atoms with Gasteiger partial charge in [-0.05, 0) is 80.3 Å². The van der Waals surface area contributed by atoms with Crippen molar-refractivity contribution in [3.05, 3.63) is 58.9 Å². The van der Waals surface area contributed by atoms with Crippen molar-refractivity contribution >= 4 is 39.2 Å². The van der Waals surface area contributed by atoms with Gasteiger partial charge in [-0.2, -0.15) is 13.2 Å². The van der Waals surface area contributed by atoms with Gasteiger partial charge in [0.05, 0.1) is 15.3 Å². The van der Waals surface area contributed by atoms with Crippen LogP contribution in [0.4, 0.5) is 23.2 Å². The molecule has 2 fully saturated rings. The van der Waals surface area contributed by atoms with Crippen molar-refractivity contribution in [3.63, 3.8) is 0 Å². The standard InChI is InChI=1S/C23H26ClFN2O3S.C2HF3O2/c1-15-2-6-17(7-3-15)26-22(28)23(12-13-23)16-4-8-18(9-5-16)27-31(29,30)19-10-11-21(25)20(24)14-19;3-2(4,5)1(6)7/h4-5,8-11,14-15,17,27H,2-3,6-7,12-13H2,1H3,(H,26,28);(H,6,7). The molecule has 7 nitrogen and oxygen atoms in total. The molecular weight excluding hydrogens is 552 g/mol. The Hall–Kier alpha value is -2.86. The summed E-state index contributed by atoms with van der Waals surface area (Å²) in [6, 6.07) is 10.4. The second kappa shape index (κ2) is 11.5. The highest BCUT2D eigenvalue weighted by Crippen LogP contribution is 2.49. The van der Waals surface area contributed by atoms with Crippen molar-refractivity contribution in [2.75, 3.05) is 4.72 Å². The number of sulfonamides is 1. The molecular formula is C25H27ClF4N2O5S. The predicted octanol–water partition coefficient (Wildman–Crippen LogP) is 5.64. The number of rotatable bonds is 6. The van der Waals surface area contributed by atoms with Crippen LogP contribution in [0.5, 0.6) is 0 Å². The molecule has 0 bridgehead atoms. The fraction of sp³-hybridized carbons (Fsp3) is 0.440. The molecule has 38 heavy (non-hydrogen) atoms. The average Bonchev–Trinajstić information content (AvgIpc) is 3.64. The van der Waals surface area contributed by atoms with Gasteiger partial charge in [-0.15, -0.1) is 0 Å². The van der Waals surface area contributed by atoms with Crippen LogP contribution in [0.2, 0.25) is 5.02 Å². The maximum Gasteiger partial charge on any atom is 0.490 e. The summed E-state index contributed by atoms with van der Waals surface area (Å²) in [7, 11) is -3.91. The molecule has 0 atom stereocenters. The molecule has 0 aliphatic heterocycles. The second-order valence-corrected chi connectivity index (χ2v) is 11.7. The quantitative estimate of drug-likeness (QED) is 0.384. The van der Waals surface area contributed by atoms with Crippen molar-refractivity contribution < 1.29 is 40.7 Å². The minimum atomic E-state index is -5.08. The summed E-state index contributed by atoms with van der Waals surface area (Å²) < 4.78 is 72.6. The van der Waals surface area contributed by atoms with Gasteiger partial charge in [0.15, 0.2) is 0 Å². The number of amides is 1. The van der Waals surface area contributed by atoms with E-state index in [2.05, 4.69) is 17.0 Å². The third-order valence-corrected chi connectivity index (χ3v) is 8.34. The van der Waals surface area contributed by atoms with E-state index in [1.54, 1.807) is 24.3 Å². The SMILES string of the molecule is CC1CCC(NC(=O)C2(c3ccc(NS(=O)(=O)c4ccc(F)c(Cl)c4)cc3)CC2)CC1.O=C(O)C(F)(F)F. The van der Waals surface area contributed by atoms with E-state index in [0.29, 0.717) is 5.69 Å². The Bertz CT molecular complexity index is 1270. The maximum atomic E-state index is 13.3. The van der Waals surface area contributed by atoms with Gasteiger partial charge in [0.2, 0.25) is 5.91 Å². The number of carboxylic acids is 1. The number of carbonyl (C=O) groups is 2. The van der Waals surface area contributed by atoms with Gasteiger partial charge in [0, 0.05) is 11.7 Å². The van der Waals surface area contributed by atoms with E-state index >= 15 is 0 Å². The van der Waals surface area contributed by atoms with Crippen LogP contribution in [0.25, 0.3) is 0 Å². The summed E-state index contributed by atoms with van der Waals surface area (Å²) in [5, 5.41) is 10.1. The zero-order valence-corrected chi connectivity index (χ0v) is 21.9. The number of carbonyl (C=O) groups excluding carboxylic acids is 1. The molecule has 208 valence electrons. The molecule has 2 aromatic rings. The normalized spacial score (nSPS) is 20.5. The predicted molar refractivity (Wildman–Crippen MR) is 133 cm³/mol. The first-order chi connectivity index (χ1) is 17.6. The highest BCUT2D eigenvalue weighted by Gasteiger charge is 2.51. The number of nitrogens with one attached hydrogen (secondary N) is 2. The Kier molecular flexibility index (Phi) is 8.97. The molecule has 0 radical (unpaired) electrons. The molecule has 1 amide bonds. The van der Waals surface area contributed by atoms with Crippen LogP contribution in [0.1, 0.15) is 51.0 Å². The Labute approximate surface area is 222 Å². The van der Waals surface area contributed by atoms with Gasteiger partial charge in [0.25, 0.3) is 10.0 Å². The molecule has 13 heteroatoms. The van der Waals surface area contributed by atoms with Gasteiger partial charge in [-0.25, -0.2) is 17.6 Å². The lowest BCUT2D eigenvalue weighted by molar-refractivity contribution is -0.192. The molecule has 0 heterocycles. The van der Waals surface area contributed by atoms with Crippen LogP contribution in [-0.4, -0.2) is 37.6 Å². The van der Waals surface area contributed by atoms with E-state index < -0.39 is 33.4 Å². The summed E-state index contributed by atoms with van der Waals surface area (Å²) >= 11 is 5.70. The zero-order chi connectivity index (χ0) is 28.3. The Morgan fingerprint density at radius 1 is 1.03 bits per heavy atom. The number of benzene rings is 2. The lowest BCUT2D eigenvalue weighted by Crippen LogP contribution is -2.43. The third kappa shape index (κ3) is 7.37. The molecule has 4 rings (SSSR count). The molecule has 2 saturated carbocycles. The zero-order valence-electron chi connectivity index (χ0n) is 20.3. The summed E-state index contributed by atoms with van der Waals surface area (Å²) in [5.74, 6) is -2.64. The molecule has 3 N–H and O–H groups in total. The first kappa shape index (κ1) is 29.7. The molecule has 2 aliphatic carbocycles. The fourth-order valence-corrected chi connectivity index (χ4v) is 5.54. The number of halogens is 5. The van der Waals surface area contributed by atoms with Crippen molar-refractivity contribution in [2.45, 2.75) is 68.0 Å². The van der Waals surface area contributed by atoms with Crippen LogP contribution in [-0.2, 0) is 25.0 Å². The Balaban J connectivity index is 0.000000505. The van der Waals surface area contributed by atoms with Gasteiger partial charge in [0.1, 0.15) is 5.82 Å². The smallest absolute Gasteiger partial charge is 0.475 e. The van der Waals surface area contributed by atoms with E-state index in [4.69, 9.17) is 21.5 Å². The van der Waals surface area contributed by atoms with Crippen molar-refractivity contribution in [2.24, 2.45) is 5.92 Å². The molecule has 0 spiro atoms. The lowest BCUT2D eigenvalue weighted by atomic mass is 9.86. The maximum absolute atomic E-state index is 13.3. The lowest BCUT2D eigenvalue weighted by Gasteiger charge is -2.28. The molecule has 2 aromatic carbocycles. The number of aliphatic carboxylic acids is 1. The number of alkyl halides is 3. The van der Waals surface area contributed by atoms with Crippen LogP contribution < -0.4 is 10.0 Å². The summed E-state index contributed by atoms with van der Waals surface area (Å²) in [6.07, 6.45) is 0.842. The first-order valence-electron chi connectivity index (χ1n) is 11.8. The van der Waals surface area contributed by atoms with E-state index in [0.717, 1.165) is 68.2 Å². The van der Waals surface area contributed by atoms with E-state index in [1.165, 1.54) is 0 Å². The molecule has 0 aromatic heterocycles. The Morgan fingerprint density at radius 3 is 2.05 bits per heavy atom. The second-order valence-electron chi connectivity index (χ2n) is 9.57. The molecule has 0 saturated heterocycles. The van der Waals surface area contributed by atoms with E-state index in [1.807, 2.05) is 0 Å². The van der Waals surface area contributed by atoms with Crippen LogP contribution >= 0.6 is 11.6 Å². The fourth-order valence-electron chi connectivity index (χ4n) is 4.22. The summed E-state index contributed by atoms with van der Waals surface area (Å²) in [4.78, 5) is 21.7. The highest BCUT2D eigenvalue weighted by molar-refractivity contribution is 7.92. The van der Waals surface area contributed by atoms with Crippen molar-refractivity contribution in [1.82, 2.24) is 5.32 Å². The first-order valence-corrected chi connectivity index (χ1v) is 13.7. The summed E-state index contributed by atoms with van der Waals surface area (Å²) in [6.45, 7) is 2.25. The van der Waals surface area contributed by atoms with Crippen LogP contribution in [0.15, 0.2) is 47.4 Å². The van der Waals surface area contributed by atoms with Gasteiger partial charge >= 0.3 is 12.1 Å². The van der Waals surface area contributed by atoms with E-state index in [9.17, 15) is 30.8 Å². The minimum absolute atomic E-state index is 0.0707.